The minimum Gasteiger partial charge on any atom is -0.477 e. The van der Waals surface area contributed by atoms with Crippen molar-refractivity contribution in [1.82, 2.24) is 9.88 Å². The molecular weight excluding hydrogens is 468 g/mol. The molecule has 2 N–H and O–H groups in total. The van der Waals surface area contributed by atoms with Gasteiger partial charge >= 0.3 is 5.97 Å². The first-order valence-electron chi connectivity index (χ1n) is 10.8. The number of aromatic amines is 1. The first-order valence-corrected chi connectivity index (χ1v) is 11.2. The number of aromatic carboxylic acids is 1. The number of carbonyl (C=O) groups is 3. The smallest absolute Gasteiger partial charge is 0.341 e. The van der Waals surface area contributed by atoms with E-state index < -0.39 is 28.9 Å². The average molecular weight is 489 g/mol. The van der Waals surface area contributed by atoms with Crippen LogP contribution >= 0.6 is 11.6 Å². The van der Waals surface area contributed by atoms with Gasteiger partial charge in [-0.15, -0.1) is 0 Å². The number of carboxylic acid groups (broad SMARTS) is 1. The first kappa shape index (κ1) is 23.9. The fraction of sp³-hybridized carbons (Fsp3) is 0.111. The van der Waals surface area contributed by atoms with Gasteiger partial charge in [-0.2, -0.15) is 0 Å². The van der Waals surface area contributed by atoms with E-state index in [0.29, 0.717) is 16.5 Å². The Morgan fingerprint density at radius 3 is 1.89 bits per heavy atom. The number of pyridine rings is 1. The van der Waals surface area contributed by atoms with Crippen LogP contribution in [0.5, 0.6) is 0 Å². The fourth-order valence-electron chi connectivity index (χ4n) is 3.86. The first-order chi connectivity index (χ1) is 16.8. The third-order valence-electron chi connectivity index (χ3n) is 5.56. The molecule has 176 valence electrons. The highest BCUT2D eigenvalue weighted by Gasteiger charge is 2.24. The Labute approximate surface area is 205 Å². The molecule has 0 bridgehead atoms. The number of aromatic nitrogens is 1. The summed E-state index contributed by atoms with van der Waals surface area (Å²) in [6, 6.07) is 22.4. The molecule has 1 aromatic heterocycles. The summed E-state index contributed by atoms with van der Waals surface area (Å²) in [5.74, 6) is -2.18. The van der Waals surface area contributed by atoms with Crippen molar-refractivity contribution in [2.45, 2.75) is 19.4 Å². The molecule has 0 spiro atoms. The zero-order valence-electron chi connectivity index (χ0n) is 18.5. The molecule has 0 aliphatic rings. The van der Waals surface area contributed by atoms with Crippen molar-refractivity contribution in [3.63, 3.8) is 0 Å². The molecule has 0 saturated carbocycles. The molecule has 0 atom stereocenters. The van der Waals surface area contributed by atoms with E-state index in [-0.39, 0.29) is 24.4 Å². The van der Waals surface area contributed by atoms with Crippen LogP contribution in [0.3, 0.4) is 0 Å². The summed E-state index contributed by atoms with van der Waals surface area (Å²) in [4.78, 5) is 54.0. The molecule has 0 aliphatic heterocycles. The number of H-pyrrole nitrogens is 1. The summed E-state index contributed by atoms with van der Waals surface area (Å²) in [7, 11) is 0. The van der Waals surface area contributed by atoms with E-state index in [1.165, 1.54) is 12.1 Å². The maximum atomic E-state index is 13.3. The number of imide groups is 1. The lowest BCUT2D eigenvalue weighted by Crippen LogP contribution is -2.38. The molecule has 8 heteroatoms. The SMILES string of the molecule is O=C(O)c1cc2cc(Cl)cc(CN(C(=O)Cc3ccccc3)C(=O)Cc3ccccc3)c2[nH]c1=O. The minimum atomic E-state index is -1.37. The Balaban J connectivity index is 1.73. The number of amides is 2. The maximum Gasteiger partial charge on any atom is 0.341 e. The summed E-state index contributed by atoms with van der Waals surface area (Å²) in [5.41, 5.74) is 1.03. The van der Waals surface area contributed by atoms with E-state index in [1.807, 2.05) is 36.4 Å². The van der Waals surface area contributed by atoms with Crippen LogP contribution in [0.15, 0.2) is 83.7 Å². The van der Waals surface area contributed by atoms with Gasteiger partial charge in [0.05, 0.1) is 24.9 Å². The molecule has 3 aromatic carbocycles. The molecule has 0 saturated heterocycles. The van der Waals surface area contributed by atoms with Crippen LogP contribution < -0.4 is 5.56 Å². The predicted octanol–water partition coefficient (Wildman–Crippen LogP) is 4.22. The molecule has 35 heavy (non-hydrogen) atoms. The average Bonchev–Trinajstić information content (AvgIpc) is 2.83. The molecule has 4 rings (SSSR count). The van der Waals surface area contributed by atoms with Crippen molar-refractivity contribution in [3.8, 4) is 0 Å². The van der Waals surface area contributed by atoms with Crippen LogP contribution in [0.2, 0.25) is 5.02 Å². The minimum absolute atomic E-state index is 0.0134. The van der Waals surface area contributed by atoms with Gasteiger partial charge in [0.25, 0.3) is 5.56 Å². The zero-order valence-corrected chi connectivity index (χ0v) is 19.3. The second-order valence-electron chi connectivity index (χ2n) is 8.04. The second kappa shape index (κ2) is 10.4. The molecule has 0 radical (unpaired) electrons. The van der Waals surface area contributed by atoms with Crippen LogP contribution in [0.1, 0.15) is 27.0 Å². The van der Waals surface area contributed by atoms with E-state index in [1.54, 1.807) is 30.3 Å². The molecular formula is C27H21ClN2O5. The maximum absolute atomic E-state index is 13.3. The molecule has 1 heterocycles. The Bertz CT molecular complexity index is 1410. The highest BCUT2D eigenvalue weighted by molar-refractivity contribution is 6.31. The summed E-state index contributed by atoms with van der Waals surface area (Å²) in [6.07, 6.45) is 0.0269. The van der Waals surface area contributed by atoms with Gasteiger partial charge in [-0.25, -0.2) is 4.79 Å². The van der Waals surface area contributed by atoms with Gasteiger partial charge in [0, 0.05) is 10.4 Å². The topological polar surface area (TPSA) is 108 Å². The monoisotopic (exact) mass is 488 g/mol. The third-order valence-corrected chi connectivity index (χ3v) is 5.77. The van der Waals surface area contributed by atoms with E-state index >= 15 is 0 Å². The van der Waals surface area contributed by atoms with Crippen LogP contribution in [0.25, 0.3) is 10.9 Å². The quantitative estimate of drug-likeness (QED) is 0.405. The number of carbonyl (C=O) groups excluding carboxylic acids is 2. The number of fused-ring (bicyclic) bond motifs is 1. The number of nitrogens with zero attached hydrogens (tertiary/aromatic N) is 1. The van der Waals surface area contributed by atoms with Gasteiger partial charge in [-0.3, -0.25) is 19.3 Å². The Morgan fingerprint density at radius 1 is 0.829 bits per heavy atom. The highest BCUT2D eigenvalue weighted by Crippen LogP contribution is 2.24. The lowest BCUT2D eigenvalue weighted by Gasteiger charge is -2.22. The van der Waals surface area contributed by atoms with Gasteiger partial charge in [-0.1, -0.05) is 72.3 Å². The van der Waals surface area contributed by atoms with Crippen molar-refractivity contribution in [2.75, 3.05) is 0 Å². The van der Waals surface area contributed by atoms with E-state index in [9.17, 15) is 24.3 Å². The number of hydrogen-bond donors (Lipinski definition) is 2. The number of benzene rings is 3. The molecule has 2 amide bonds. The van der Waals surface area contributed by atoms with Crippen LogP contribution in [-0.2, 0) is 29.0 Å². The summed E-state index contributed by atoms with van der Waals surface area (Å²) in [5, 5.41) is 9.95. The largest absolute Gasteiger partial charge is 0.477 e. The Morgan fingerprint density at radius 2 is 1.37 bits per heavy atom. The van der Waals surface area contributed by atoms with Gasteiger partial charge in [0.15, 0.2) is 0 Å². The second-order valence-corrected chi connectivity index (χ2v) is 8.48. The fourth-order valence-corrected chi connectivity index (χ4v) is 4.11. The summed E-state index contributed by atoms with van der Waals surface area (Å²) < 4.78 is 0. The van der Waals surface area contributed by atoms with Gasteiger partial charge in [0.2, 0.25) is 11.8 Å². The van der Waals surface area contributed by atoms with Crippen molar-refractivity contribution in [3.05, 3.63) is 116 Å². The summed E-state index contributed by atoms with van der Waals surface area (Å²) in [6.45, 7) is -0.142. The van der Waals surface area contributed by atoms with Crippen LogP contribution in [-0.4, -0.2) is 32.8 Å². The number of carboxylic acids is 1. The lowest BCUT2D eigenvalue weighted by atomic mass is 10.1. The molecule has 0 aliphatic carbocycles. The van der Waals surface area contributed by atoms with Crippen molar-refractivity contribution in [2.24, 2.45) is 0 Å². The number of rotatable bonds is 7. The third kappa shape index (κ3) is 5.65. The van der Waals surface area contributed by atoms with Gasteiger partial charge in [-0.05, 0) is 34.9 Å². The Kier molecular flexibility index (Phi) is 7.08. The van der Waals surface area contributed by atoms with E-state index in [4.69, 9.17) is 11.6 Å². The van der Waals surface area contributed by atoms with Crippen LogP contribution in [0, 0.1) is 0 Å². The summed E-state index contributed by atoms with van der Waals surface area (Å²) >= 11 is 6.27. The zero-order chi connectivity index (χ0) is 24.9. The van der Waals surface area contributed by atoms with E-state index in [2.05, 4.69) is 4.98 Å². The number of halogens is 1. The lowest BCUT2D eigenvalue weighted by molar-refractivity contribution is -0.144. The Hall–Kier alpha value is -4.23. The predicted molar refractivity (Wildman–Crippen MR) is 132 cm³/mol. The van der Waals surface area contributed by atoms with Gasteiger partial charge in [0.1, 0.15) is 5.56 Å². The molecule has 0 unspecified atom stereocenters. The van der Waals surface area contributed by atoms with Crippen molar-refractivity contribution in [1.29, 1.82) is 0 Å². The number of hydrogen-bond acceptors (Lipinski definition) is 4. The molecule has 7 nitrogen and oxygen atoms in total. The van der Waals surface area contributed by atoms with E-state index in [0.717, 1.165) is 16.0 Å². The normalized spacial score (nSPS) is 10.8. The van der Waals surface area contributed by atoms with Crippen LogP contribution in [0.4, 0.5) is 0 Å². The highest BCUT2D eigenvalue weighted by atomic mass is 35.5. The molecule has 0 fully saturated rings. The van der Waals surface area contributed by atoms with Crippen molar-refractivity contribution >= 4 is 40.3 Å². The number of nitrogens with one attached hydrogen (secondary N) is 1. The molecule has 4 aromatic rings. The van der Waals surface area contributed by atoms with Gasteiger partial charge < -0.3 is 10.1 Å². The standard InChI is InChI=1S/C27H21ClN2O5/c28-21-13-19-15-22(27(34)35)26(33)29-25(19)20(14-21)16-30(23(31)11-17-7-3-1-4-8-17)24(32)12-18-9-5-2-6-10-18/h1-10,13-15H,11-12,16H2,(H,29,33)(H,34,35). The van der Waals surface area contributed by atoms with Crippen molar-refractivity contribution < 1.29 is 19.5 Å².